The Labute approximate surface area is 156 Å². The van der Waals surface area contributed by atoms with Crippen LogP contribution in [0.5, 0.6) is 0 Å². The van der Waals surface area contributed by atoms with Crippen molar-refractivity contribution in [2.75, 3.05) is 0 Å². The maximum atomic E-state index is 11.4. The second-order valence-electron chi connectivity index (χ2n) is 6.82. The summed E-state index contributed by atoms with van der Waals surface area (Å²) in [6, 6.07) is 23.8. The molecule has 0 fully saturated rings. The molecule has 27 heavy (non-hydrogen) atoms. The van der Waals surface area contributed by atoms with Crippen LogP contribution in [0.25, 0.3) is 21.5 Å². The molecule has 1 aliphatic heterocycles. The number of hydrogen-bond acceptors (Lipinski definition) is 3. The monoisotopic (exact) mass is 352 g/mol. The molecule has 6 rings (SSSR count). The number of cyclic esters (lactones) is 2. The van der Waals surface area contributed by atoms with Crippen LogP contribution in [0.1, 0.15) is 31.8 Å². The zero-order valence-electron chi connectivity index (χ0n) is 14.6. The van der Waals surface area contributed by atoms with Crippen molar-refractivity contribution in [3.63, 3.8) is 0 Å². The predicted molar refractivity (Wildman–Crippen MR) is 105 cm³/mol. The lowest BCUT2D eigenvalue weighted by atomic mass is 9.97. The number of benzene rings is 4. The number of ether oxygens (including phenoxy) is 1. The van der Waals surface area contributed by atoms with Crippen molar-refractivity contribution in [3.8, 4) is 0 Å². The van der Waals surface area contributed by atoms with Crippen molar-refractivity contribution < 1.29 is 14.3 Å². The molecule has 0 atom stereocenters. The van der Waals surface area contributed by atoms with E-state index in [1.807, 2.05) is 12.1 Å². The van der Waals surface area contributed by atoms with Gasteiger partial charge in [-0.3, -0.25) is 0 Å². The smallest absolute Gasteiger partial charge is 0.346 e. The van der Waals surface area contributed by atoms with Gasteiger partial charge in [-0.25, -0.2) is 9.59 Å². The Kier molecular flexibility index (Phi) is 3.54. The molecule has 0 saturated heterocycles. The van der Waals surface area contributed by atoms with Gasteiger partial charge in [0.05, 0.1) is 11.1 Å². The quantitative estimate of drug-likeness (QED) is 0.327. The van der Waals surface area contributed by atoms with Crippen molar-refractivity contribution in [3.05, 3.63) is 95.1 Å². The van der Waals surface area contributed by atoms with Crippen LogP contribution in [-0.4, -0.2) is 11.9 Å². The van der Waals surface area contributed by atoms with Crippen LogP contribution in [0.4, 0.5) is 0 Å². The summed E-state index contributed by atoms with van der Waals surface area (Å²) in [4.78, 5) is 22.9. The average Bonchev–Trinajstić information content (AvgIpc) is 3.12. The molecule has 0 bridgehead atoms. The van der Waals surface area contributed by atoms with Gasteiger partial charge >= 0.3 is 11.9 Å². The number of esters is 2. The molecule has 0 spiro atoms. The summed E-state index contributed by atoms with van der Waals surface area (Å²) in [5.74, 6) is -1.13. The molecular formula is C24H16O3. The molecule has 0 radical (unpaired) electrons. The molecule has 0 N–H and O–H groups in total. The molecule has 0 saturated carbocycles. The van der Waals surface area contributed by atoms with Crippen molar-refractivity contribution >= 4 is 33.5 Å². The Morgan fingerprint density at radius 2 is 1.00 bits per heavy atom. The minimum atomic E-state index is -0.565. The predicted octanol–water partition coefficient (Wildman–Crippen LogP) is 5.09. The van der Waals surface area contributed by atoms with Crippen LogP contribution >= 0.6 is 0 Å². The van der Waals surface area contributed by atoms with Gasteiger partial charge in [0.25, 0.3) is 0 Å². The summed E-state index contributed by atoms with van der Waals surface area (Å²) in [6.45, 7) is 0. The summed E-state index contributed by atoms with van der Waals surface area (Å²) in [5.41, 5.74) is 3.98. The van der Waals surface area contributed by atoms with Crippen molar-refractivity contribution in [1.82, 2.24) is 0 Å². The molecule has 130 valence electrons. The summed E-state index contributed by atoms with van der Waals surface area (Å²) in [6.07, 6.45) is 2.47. The van der Waals surface area contributed by atoms with E-state index < -0.39 is 11.9 Å². The van der Waals surface area contributed by atoms with Gasteiger partial charge in [-0.2, -0.15) is 0 Å². The van der Waals surface area contributed by atoms with Gasteiger partial charge < -0.3 is 4.74 Å². The molecule has 3 nitrogen and oxygen atoms in total. The highest BCUT2D eigenvalue weighted by Gasteiger charge is 2.26. The van der Waals surface area contributed by atoms with Gasteiger partial charge in [0, 0.05) is 5.39 Å². The Balaban J connectivity index is 0.000000121. The molecule has 0 aromatic heterocycles. The van der Waals surface area contributed by atoms with E-state index in [0.29, 0.717) is 16.5 Å². The summed E-state index contributed by atoms with van der Waals surface area (Å²) < 4.78 is 4.63. The molecule has 1 heterocycles. The van der Waals surface area contributed by atoms with E-state index in [1.165, 1.54) is 34.7 Å². The molecule has 3 heteroatoms. The van der Waals surface area contributed by atoms with Crippen LogP contribution in [0, 0.1) is 0 Å². The first-order valence-electron chi connectivity index (χ1n) is 9.00. The first-order valence-corrected chi connectivity index (χ1v) is 9.00. The fraction of sp³-hybridized carbons (Fsp3) is 0.0833. The lowest BCUT2D eigenvalue weighted by Crippen LogP contribution is -2.19. The molecule has 4 aromatic carbocycles. The van der Waals surface area contributed by atoms with Crippen molar-refractivity contribution in [2.24, 2.45) is 0 Å². The number of hydrogen-bond donors (Lipinski definition) is 0. The average molecular weight is 352 g/mol. The highest BCUT2D eigenvalue weighted by atomic mass is 16.6. The first-order chi connectivity index (χ1) is 13.2. The van der Waals surface area contributed by atoms with E-state index in [9.17, 15) is 9.59 Å². The van der Waals surface area contributed by atoms with Crippen molar-refractivity contribution in [2.45, 2.75) is 12.8 Å². The van der Waals surface area contributed by atoms with Gasteiger partial charge in [0.15, 0.2) is 0 Å². The standard InChI is InChI=1S/C12H6O3.C12H10/c13-11-8-5-1-3-7-4-2-6-9(10(7)8)12(14)15-11;1-3-9-4-2-6-11-8-7-10(5-1)12(9)11/h1-6H;1-6H,7-8H2. The van der Waals surface area contributed by atoms with Crippen LogP contribution in [0.15, 0.2) is 72.8 Å². The Morgan fingerprint density at radius 1 is 0.556 bits per heavy atom. The molecular weight excluding hydrogens is 336 g/mol. The fourth-order valence-electron chi connectivity index (χ4n) is 4.06. The highest BCUT2D eigenvalue weighted by molar-refractivity contribution is 6.20. The highest BCUT2D eigenvalue weighted by Crippen LogP contribution is 2.30. The third-order valence-electron chi connectivity index (χ3n) is 5.27. The zero-order valence-corrected chi connectivity index (χ0v) is 14.6. The van der Waals surface area contributed by atoms with Gasteiger partial charge in [0.1, 0.15) is 0 Å². The minimum absolute atomic E-state index is 0.461. The molecule has 1 aliphatic carbocycles. The number of aryl methyl sites for hydroxylation is 2. The second kappa shape index (κ2) is 6.06. The lowest BCUT2D eigenvalue weighted by Gasteiger charge is -2.14. The topological polar surface area (TPSA) is 43.4 Å². The molecule has 0 amide bonds. The number of carbonyl (C=O) groups is 2. The molecule has 2 aliphatic rings. The van der Waals surface area contributed by atoms with Gasteiger partial charge in [-0.15, -0.1) is 0 Å². The third kappa shape index (κ3) is 2.51. The van der Waals surface area contributed by atoms with Gasteiger partial charge in [0.2, 0.25) is 0 Å². The summed E-state index contributed by atoms with van der Waals surface area (Å²) in [5, 5.41) is 4.50. The van der Waals surface area contributed by atoms with Crippen molar-refractivity contribution in [1.29, 1.82) is 0 Å². The van der Waals surface area contributed by atoms with Gasteiger partial charge in [-0.05, 0) is 52.3 Å². The SMILES string of the molecule is O=C1OC(=O)c2cccc3cccc1c23.c1cc2c3c(cccc3c1)CC2. The first kappa shape index (κ1) is 15.8. The number of rotatable bonds is 0. The van der Waals surface area contributed by atoms with E-state index in [4.69, 9.17) is 0 Å². The Morgan fingerprint density at radius 3 is 1.52 bits per heavy atom. The number of carbonyl (C=O) groups excluding carboxylic acids is 2. The summed E-state index contributed by atoms with van der Waals surface area (Å²) >= 11 is 0. The van der Waals surface area contributed by atoms with E-state index in [0.717, 1.165) is 5.39 Å². The Hall–Kier alpha value is -3.46. The zero-order chi connectivity index (χ0) is 18.4. The lowest BCUT2D eigenvalue weighted by molar-refractivity contribution is 0.0391. The fourth-order valence-corrected chi connectivity index (χ4v) is 4.06. The van der Waals surface area contributed by atoms with Gasteiger partial charge in [-0.1, -0.05) is 60.7 Å². The maximum absolute atomic E-state index is 11.4. The molecule has 4 aromatic rings. The van der Waals surface area contributed by atoms with E-state index >= 15 is 0 Å². The largest absolute Gasteiger partial charge is 0.386 e. The van der Waals surface area contributed by atoms with Crippen LogP contribution < -0.4 is 0 Å². The third-order valence-corrected chi connectivity index (χ3v) is 5.27. The van der Waals surface area contributed by atoms with Crippen LogP contribution in [0.2, 0.25) is 0 Å². The Bertz CT molecular complexity index is 1150. The van der Waals surface area contributed by atoms with E-state index in [2.05, 4.69) is 41.1 Å². The minimum Gasteiger partial charge on any atom is -0.386 e. The second-order valence-corrected chi connectivity index (χ2v) is 6.82. The summed E-state index contributed by atoms with van der Waals surface area (Å²) in [7, 11) is 0. The van der Waals surface area contributed by atoms with E-state index in [1.54, 1.807) is 24.3 Å². The van der Waals surface area contributed by atoms with Crippen LogP contribution in [-0.2, 0) is 17.6 Å². The maximum Gasteiger partial charge on any atom is 0.346 e. The van der Waals surface area contributed by atoms with Crippen LogP contribution in [0.3, 0.4) is 0 Å². The molecule has 0 unspecified atom stereocenters. The van der Waals surface area contributed by atoms with E-state index in [-0.39, 0.29) is 0 Å². The normalized spacial score (nSPS) is 14.1.